The lowest BCUT2D eigenvalue weighted by Gasteiger charge is -2.48. The van der Waals surface area contributed by atoms with Gasteiger partial charge in [-0.05, 0) is 77.0 Å². The number of allylic oxidation sites excluding steroid dienone is 13. The van der Waals surface area contributed by atoms with Crippen molar-refractivity contribution < 1.29 is 89.4 Å². The van der Waals surface area contributed by atoms with E-state index >= 15 is 0 Å². The molecule has 0 aromatic carbocycles. The van der Waals surface area contributed by atoms with E-state index in [-0.39, 0.29) is 18.9 Å². The smallest absolute Gasteiger partial charge is 0.220 e. The standard InChI is InChI=1S/C66H113NO18/c1-3-5-7-9-11-13-15-17-19-21-22-23-24-25-26-28-30-32-34-36-38-40-42-44-54(72)67-49(50(71)43-41-39-37-35-33-31-29-27-20-18-16-14-12-10-8-6-4-2)48-80-64-60(78)57(75)62(52(46-69)82-64)85-66-61(79)58(76)63(53(47-70)83-66)84-65-59(77)56(74)55(73)51(45-68)81-65/h5,7,11,13,17,19,22-23,25-26,33,35,41,43,49-53,55-66,68-71,73-79H,3-4,6,8-10,12,14-16,18,20-21,24,27-32,34,36-40,42,44-48H2,1-2H3,(H,67,72)/b7-5-,13-11-,19-17-,23-22-,26-25-,35-33+,43-41+. The highest BCUT2D eigenvalue weighted by Crippen LogP contribution is 2.33. The number of hydrogen-bond donors (Lipinski definition) is 12. The number of ether oxygens (including phenoxy) is 6. The SMILES string of the molecule is CC/C=C\C/C=C\C/C=C\C/C=C\C/C=C\CCCCCCCCCC(=O)NC(COC1OC(CO)C(OC2OC(CO)C(OC3OC(CO)C(O)C(O)C3O)C(O)C2O)C(O)C1O)C(O)/C=C/CC/C=C/CCCCCCCCCCCCC. The Morgan fingerprint density at radius 1 is 0.435 bits per heavy atom. The molecule has 3 saturated heterocycles. The van der Waals surface area contributed by atoms with Crippen molar-refractivity contribution >= 4 is 5.91 Å². The van der Waals surface area contributed by atoms with Crippen LogP contribution in [0.25, 0.3) is 0 Å². The summed E-state index contributed by atoms with van der Waals surface area (Å²) < 4.78 is 34.3. The molecule has 3 aliphatic rings. The van der Waals surface area contributed by atoms with Crippen molar-refractivity contribution in [1.29, 1.82) is 0 Å². The van der Waals surface area contributed by atoms with Gasteiger partial charge in [0.1, 0.15) is 73.2 Å². The van der Waals surface area contributed by atoms with Gasteiger partial charge in [-0.25, -0.2) is 0 Å². The first-order valence-electron chi connectivity index (χ1n) is 32.3. The molecule has 0 saturated carbocycles. The van der Waals surface area contributed by atoms with Crippen LogP contribution >= 0.6 is 0 Å². The van der Waals surface area contributed by atoms with Crippen LogP contribution in [0.4, 0.5) is 0 Å². The van der Waals surface area contributed by atoms with Gasteiger partial charge in [0.2, 0.25) is 5.91 Å². The highest BCUT2D eigenvalue weighted by molar-refractivity contribution is 5.76. The zero-order valence-electron chi connectivity index (χ0n) is 51.3. The lowest BCUT2D eigenvalue weighted by atomic mass is 9.96. The Hall–Kier alpha value is -3.03. The van der Waals surface area contributed by atoms with Crippen molar-refractivity contribution in [3.05, 3.63) is 85.1 Å². The largest absolute Gasteiger partial charge is 0.394 e. The molecule has 490 valence electrons. The second-order valence-corrected chi connectivity index (χ2v) is 22.8. The van der Waals surface area contributed by atoms with Gasteiger partial charge in [-0.15, -0.1) is 0 Å². The number of rotatable bonds is 47. The van der Waals surface area contributed by atoms with E-state index in [1.54, 1.807) is 6.08 Å². The van der Waals surface area contributed by atoms with Crippen LogP contribution in [0, 0.1) is 0 Å². The van der Waals surface area contributed by atoms with Crippen molar-refractivity contribution in [2.24, 2.45) is 0 Å². The second-order valence-electron chi connectivity index (χ2n) is 22.8. The molecule has 3 rings (SSSR count). The van der Waals surface area contributed by atoms with Crippen LogP contribution in [0.5, 0.6) is 0 Å². The van der Waals surface area contributed by atoms with Gasteiger partial charge in [0.05, 0.1) is 38.6 Å². The predicted octanol–water partition coefficient (Wildman–Crippen LogP) is 7.15. The van der Waals surface area contributed by atoms with E-state index in [1.165, 1.54) is 64.2 Å². The molecule has 0 spiro atoms. The minimum Gasteiger partial charge on any atom is -0.394 e. The fourth-order valence-corrected chi connectivity index (χ4v) is 10.4. The molecule has 12 N–H and O–H groups in total. The van der Waals surface area contributed by atoms with E-state index in [0.717, 1.165) is 96.3 Å². The molecule has 19 heteroatoms. The van der Waals surface area contributed by atoms with Gasteiger partial charge in [-0.3, -0.25) is 4.79 Å². The third-order valence-corrected chi connectivity index (χ3v) is 15.7. The van der Waals surface area contributed by atoms with Crippen molar-refractivity contribution in [1.82, 2.24) is 5.32 Å². The highest BCUT2D eigenvalue weighted by atomic mass is 16.8. The predicted molar refractivity (Wildman–Crippen MR) is 328 cm³/mol. The number of carbonyl (C=O) groups is 1. The zero-order chi connectivity index (χ0) is 61.9. The number of hydrogen-bond acceptors (Lipinski definition) is 18. The fraction of sp³-hybridized carbons (Fsp3) is 0.773. The van der Waals surface area contributed by atoms with Gasteiger partial charge < -0.3 is 89.9 Å². The third kappa shape index (κ3) is 30.8. The molecule has 19 nitrogen and oxygen atoms in total. The van der Waals surface area contributed by atoms with Gasteiger partial charge in [-0.2, -0.15) is 0 Å². The Kier molecular flexibility index (Phi) is 43.0. The fourth-order valence-electron chi connectivity index (χ4n) is 10.4. The summed E-state index contributed by atoms with van der Waals surface area (Å²) in [7, 11) is 0. The summed E-state index contributed by atoms with van der Waals surface area (Å²) in [5.74, 6) is -0.300. The average molecular weight is 1210 g/mol. The van der Waals surface area contributed by atoms with E-state index in [0.29, 0.717) is 12.8 Å². The quantitative estimate of drug-likeness (QED) is 0.0213. The van der Waals surface area contributed by atoms with Crippen LogP contribution in [0.2, 0.25) is 0 Å². The molecule has 17 atom stereocenters. The van der Waals surface area contributed by atoms with Crippen LogP contribution in [0.15, 0.2) is 85.1 Å². The molecule has 3 fully saturated rings. The Bertz CT molecular complexity index is 1880. The highest BCUT2D eigenvalue weighted by Gasteiger charge is 2.53. The molecular weight excluding hydrogens is 1090 g/mol. The second kappa shape index (κ2) is 47.9. The van der Waals surface area contributed by atoms with Gasteiger partial charge in [0.25, 0.3) is 0 Å². The van der Waals surface area contributed by atoms with Crippen LogP contribution in [0.3, 0.4) is 0 Å². The first-order chi connectivity index (χ1) is 41.3. The van der Waals surface area contributed by atoms with Crippen LogP contribution < -0.4 is 5.32 Å². The maximum absolute atomic E-state index is 13.4. The normalized spacial score (nSPS) is 29.5. The van der Waals surface area contributed by atoms with Crippen molar-refractivity contribution in [2.75, 3.05) is 26.4 Å². The molecule has 0 aromatic heterocycles. The van der Waals surface area contributed by atoms with Crippen LogP contribution in [-0.4, -0.2) is 193 Å². The molecular formula is C66H113NO18. The van der Waals surface area contributed by atoms with E-state index in [9.17, 15) is 61.0 Å². The monoisotopic (exact) mass is 1210 g/mol. The number of carbonyl (C=O) groups excluding carboxylic acids is 1. The van der Waals surface area contributed by atoms with Crippen LogP contribution in [-0.2, 0) is 33.2 Å². The van der Waals surface area contributed by atoms with Crippen molar-refractivity contribution in [3.63, 3.8) is 0 Å². The molecule has 0 aromatic rings. The van der Waals surface area contributed by atoms with E-state index in [2.05, 4.69) is 92.1 Å². The van der Waals surface area contributed by atoms with Crippen molar-refractivity contribution in [2.45, 2.75) is 298 Å². The summed E-state index contributed by atoms with van der Waals surface area (Å²) >= 11 is 0. The lowest BCUT2D eigenvalue weighted by Crippen LogP contribution is -2.66. The molecule has 0 radical (unpaired) electrons. The molecule has 1 amide bonds. The lowest BCUT2D eigenvalue weighted by molar-refractivity contribution is -0.379. The summed E-state index contributed by atoms with van der Waals surface area (Å²) in [4.78, 5) is 13.4. The maximum atomic E-state index is 13.4. The first-order valence-corrected chi connectivity index (χ1v) is 32.3. The maximum Gasteiger partial charge on any atom is 0.220 e. The van der Waals surface area contributed by atoms with Gasteiger partial charge in [0.15, 0.2) is 18.9 Å². The van der Waals surface area contributed by atoms with Crippen molar-refractivity contribution in [3.8, 4) is 0 Å². The zero-order valence-corrected chi connectivity index (χ0v) is 51.3. The van der Waals surface area contributed by atoms with E-state index in [4.69, 9.17) is 28.4 Å². The Labute approximate surface area is 508 Å². The summed E-state index contributed by atoms with van der Waals surface area (Å²) in [5, 5.41) is 120. The van der Waals surface area contributed by atoms with Gasteiger partial charge in [-0.1, -0.05) is 195 Å². The average Bonchev–Trinajstić information content (AvgIpc) is 3.64. The summed E-state index contributed by atoms with van der Waals surface area (Å²) in [6, 6.07) is -1.00. The first kappa shape index (κ1) is 76.2. The van der Waals surface area contributed by atoms with Gasteiger partial charge in [0, 0.05) is 6.42 Å². The van der Waals surface area contributed by atoms with E-state index < -0.39 is 124 Å². The Balaban J connectivity index is 1.49. The molecule has 3 heterocycles. The van der Waals surface area contributed by atoms with Crippen LogP contribution in [0.1, 0.15) is 194 Å². The number of nitrogens with one attached hydrogen (secondary N) is 1. The van der Waals surface area contributed by atoms with E-state index in [1.807, 2.05) is 6.08 Å². The number of aliphatic hydroxyl groups excluding tert-OH is 11. The summed E-state index contributed by atoms with van der Waals surface area (Å²) in [5.41, 5.74) is 0. The molecule has 0 aliphatic carbocycles. The Morgan fingerprint density at radius 3 is 1.32 bits per heavy atom. The molecule has 85 heavy (non-hydrogen) atoms. The summed E-state index contributed by atoms with van der Waals surface area (Å²) in [6.45, 7) is 1.57. The Morgan fingerprint density at radius 2 is 0.824 bits per heavy atom. The minimum absolute atomic E-state index is 0.218. The van der Waals surface area contributed by atoms with Gasteiger partial charge >= 0.3 is 0 Å². The third-order valence-electron chi connectivity index (χ3n) is 15.7. The molecule has 17 unspecified atom stereocenters. The number of unbranched alkanes of at least 4 members (excludes halogenated alkanes) is 19. The number of amides is 1. The number of aliphatic hydroxyl groups is 11. The summed E-state index contributed by atoms with van der Waals surface area (Å²) in [6.07, 6.45) is 32.7. The molecule has 3 aliphatic heterocycles. The topological polar surface area (TPSA) is 307 Å². The minimum atomic E-state index is -1.99. The molecule has 0 bridgehead atoms.